The van der Waals surface area contributed by atoms with Gasteiger partial charge in [-0.05, 0) is 17.7 Å². The van der Waals surface area contributed by atoms with Gasteiger partial charge in [-0.25, -0.2) is 9.59 Å². The van der Waals surface area contributed by atoms with Crippen LogP contribution in [0.1, 0.15) is 5.56 Å². The van der Waals surface area contributed by atoms with Crippen LogP contribution in [0, 0.1) is 0 Å². The molecule has 2 aromatic rings. The molecule has 1 saturated heterocycles. The first kappa shape index (κ1) is 16.8. The highest BCUT2D eigenvalue weighted by molar-refractivity contribution is 5.89. The average molecular weight is 338 g/mol. The van der Waals surface area contributed by atoms with Crippen molar-refractivity contribution in [3.63, 3.8) is 0 Å². The van der Waals surface area contributed by atoms with Gasteiger partial charge in [-0.2, -0.15) is 0 Å². The molecule has 130 valence electrons. The van der Waals surface area contributed by atoms with E-state index < -0.39 is 0 Å². The van der Waals surface area contributed by atoms with E-state index in [0.29, 0.717) is 32.7 Å². The molecule has 2 N–H and O–H groups in total. The summed E-state index contributed by atoms with van der Waals surface area (Å²) in [5.74, 6) is 0. The third kappa shape index (κ3) is 4.73. The van der Waals surface area contributed by atoms with Crippen molar-refractivity contribution in [1.29, 1.82) is 0 Å². The van der Waals surface area contributed by atoms with Gasteiger partial charge in [0, 0.05) is 38.4 Å². The SMILES string of the molecule is O=C(NCc1ccccc1)N1CCN(C(=O)Nc2ccccc2)CC1. The molecule has 6 nitrogen and oxygen atoms in total. The van der Waals surface area contributed by atoms with Crippen molar-refractivity contribution in [3.05, 3.63) is 66.2 Å². The van der Waals surface area contributed by atoms with Gasteiger partial charge in [-0.15, -0.1) is 0 Å². The molecule has 25 heavy (non-hydrogen) atoms. The van der Waals surface area contributed by atoms with Gasteiger partial charge in [-0.1, -0.05) is 48.5 Å². The lowest BCUT2D eigenvalue weighted by molar-refractivity contribution is 0.149. The van der Waals surface area contributed by atoms with Gasteiger partial charge >= 0.3 is 12.1 Å². The van der Waals surface area contributed by atoms with Crippen molar-refractivity contribution in [1.82, 2.24) is 15.1 Å². The number of carbonyl (C=O) groups is 2. The number of benzene rings is 2. The average Bonchev–Trinajstić information content (AvgIpc) is 2.68. The fraction of sp³-hybridized carbons (Fsp3) is 0.263. The summed E-state index contributed by atoms with van der Waals surface area (Å²) in [6.45, 7) is 2.62. The second-order valence-electron chi connectivity index (χ2n) is 5.91. The molecular weight excluding hydrogens is 316 g/mol. The van der Waals surface area contributed by atoms with Crippen LogP contribution in [-0.2, 0) is 6.54 Å². The van der Waals surface area contributed by atoms with Crippen LogP contribution < -0.4 is 10.6 Å². The molecule has 1 fully saturated rings. The van der Waals surface area contributed by atoms with Crippen molar-refractivity contribution in [2.75, 3.05) is 31.5 Å². The van der Waals surface area contributed by atoms with E-state index in [4.69, 9.17) is 0 Å². The minimum absolute atomic E-state index is 0.0908. The Kier molecular flexibility index (Phi) is 5.51. The lowest BCUT2D eigenvalue weighted by Crippen LogP contribution is -2.53. The Morgan fingerprint density at radius 1 is 0.760 bits per heavy atom. The van der Waals surface area contributed by atoms with Gasteiger partial charge in [-0.3, -0.25) is 0 Å². The molecule has 0 spiro atoms. The molecule has 0 aromatic heterocycles. The molecule has 1 heterocycles. The predicted octanol–water partition coefficient (Wildman–Crippen LogP) is 2.75. The van der Waals surface area contributed by atoms with E-state index in [1.807, 2.05) is 60.7 Å². The van der Waals surface area contributed by atoms with Gasteiger partial charge in [0.1, 0.15) is 0 Å². The van der Waals surface area contributed by atoms with E-state index in [1.165, 1.54) is 0 Å². The minimum atomic E-state index is -0.129. The van der Waals surface area contributed by atoms with Crippen molar-refractivity contribution in [2.45, 2.75) is 6.54 Å². The Hall–Kier alpha value is -3.02. The summed E-state index contributed by atoms with van der Waals surface area (Å²) in [5.41, 5.74) is 1.84. The summed E-state index contributed by atoms with van der Waals surface area (Å²) in [7, 11) is 0. The van der Waals surface area contributed by atoms with Gasteiger partial charge in [0.05, 0.1) is 0 Å². The van der Waals surface area contributed by atoms with Crippen LogP contribution in [0.2, 0.25) is 0 Å². The molecule has 0 radical (unpaired) electrons. The smallest absolute Gasteiger partial charge is 0.321 e. The number of nitrogens with zero attached hydrogens (tertiary/aromatic N) is 2. The summed E-state index contributed by atoms with van der Waals surface area (Å²) in [5, 5.41) is 5.79. The van der Waals surface area contributed by atoms with Crippen LogP contribution in [0.4, 0.5) is 15.3 Å². The molecule has 0 saturated carbocycles. The summed E-state index contributed by atoms with van der Waals surface area (Å²) < 4.78 is 0. The molecule has 0 unspecified atom stereocenters. The number of rotatable bonds is 3. The molecular formula is C19H22N4O2. The largest absolute Gasteiger partial charge is 0.334 e. The number of amides is 4. The molecule has 0 atom stereocenters. The van der Waals surface area contributed by atoms with E-state index >= 15 is 0 Å². The zero-order valence-corrected chi connectivity index (χ0v) is 14.0. The first-order chi connectivity index (χ1) is 12.2. The van der Waals surface area contributed by atoms with Crippen LogP contribution in [-0.4, -0.2) is 48.0 Å². The van der Waals surface area contributed by atoms with E-state index in [1.54, 1.807) is 9.80 Å². The number of piperazine rings is 1. The Balaban J connectivity index is 1.43. The van der Waals surface area contributed by atoms with Gasteiger partial charge < -0.3 is 20.4 Å². The summed E-state index contributed by atoms with van der Waals surface area (Å²) in [4.78, 5) is 28.0. The number of nitrogens with one attached hydrogen (secondary N) is 2. The van der Waals surface area contributed by atoms with Crippen LogP contribution in [0.5, 0.6) is 0 Å². The number of urea groups is 2. The van der Waals surface area contributed by atoms with Crippen LogP contribution in [0.3, 0.4) is 0 Å². The van der Waals surface area contributed by atoms with Crippen molar-refractivity contribution in [3.8, 4) is 0 Å². The zero-order valence-electron chi connectivity index (χ0n) is 14.0. The quantitative estimate of drug-likeness (QED) is 0.904. The van der Waals surface area contributed by atoms with Gasteiger partial charge in [0.15, 0.2) is 0 Å². The first-order valence-corrected chi connectivity index (χ1v) is 8.40. The number of hydrogen-bond acceptors (Lipinski definition) is 2. The highest BCUT2D eigenvalue weighted by Gasteiger charge is 2.23. The van der Waals surface area contributed by atoms with Gasteiger partial charge in [0.2, 0.25) is 0 Å². The van der Waals surface area contributed by atoms with E-state index in [-0.39, 0.29) is 12.1 Å². The lowest BCUT2D eigenvalue weighted by atomic mass is 10.2. The number of hydrogen-bond donors (Lipinski definition) is 2. The second kappa shape index (κ2) is 8.19. The second-order valence-corrected chi connectivity index (χ2v) is 5.91. The molecule has 1 aliphatic heterocycles. The number of carbonyl (C=O) groups excluding carboxylic acids is 2. The fourth-order valence-corrected chi connectivity index (χ4v) is 2.72. The van der Waals surface area contributed by atoms with Crippen molar-refractivity contribution < 1.29 is 9.59 Å². The highest BCUT2D eigenvalue weighted by atomic mass is 16.2. The zero-order chi connectivity index (χ0) is 17.5. The van der Waals surface area contributed by atoms with Crippen LogP contribution in [0.15, 0.2) is 60.7 Å². The molecule has 0 aliphatic carbocycles. The molecule has 3 rings (SSSR count). The maximum absolute atomic E-state index is 12.3. The van der Waals surface area contributed by atoms with E-state index in [0.717, 1.165) is 11.3 Å². The normalized spacial score (nSPS) is 14.1. The van der Waals surface area contributed by atoms with E-state index in [2.05, 4.69) is 10.6 Å². The minimum Gasteiger partial charge on any atom is -0.334 e. The molecule has 0 bridgehead atoms. The van der Waals surface area contributed by atoms with Crippen molar-refractivity contribution >= 4 is 17.7 Å². The topological polar surface area (TPSA) is 64.7 Å². The standard InChI is InChI=1S/C19H22N4O2/c24-18(20-15-16-7-3-1-4-8-16)22-11-13-23(14-12-22)19(25)21-17-9-5-2-6-10-17/h1-10H,11-15H2,(H,20,24)(H,21,25). The Bertz CT molecular complexity index is 698. The lowest BCUT2D eigenvalue weighted by Gasteiger charge is -2.34. The summed E-state index contributed by atoms with van der Waals surface area (Å²) in [6, 6.07) is 19.0. The summed E-state index contributed by atoms with van der Waals surface area (Å²) >= 11 is 0. The molecule has 2 aromatic carbocycles. The van der Waals surface area contributed by atoms with Gasteiger partial charge in [0.25, 0.3) is 0 Å². The maximum Gasteiger partial charge on any atom is 0.321 e. The first-order valence-electron chi connectivity index (χ1n) is 8.40. The van der Waals surface area contributed by atoms with Crippen molar-refractivity contribution in [2.24, 2.45) is 0 Å². The van der Waals surface area contributed by atoms with Crippen LogP contribution in [0.25, 0.3) is 0 Å². The molecule has 1 aliphatic rings. The molecule has 6 heteroatoms. The Labute approximate surface area is 147 Å². The van der Waals surface area contributed by atoms with Crippen LogP contribution >= 0.6 is 0 Å². The Morgan fingerprint density at radius 3 is 1.88 bits per heavy atom. The highest BCUT2D eigenvalue weighted by Crippen LogP contribution is 2.09. The third-order valence-corrected chi connectivity index (χ3v) is 4.17. The van der Waals surface area contributed by atoms with E-state index in [9.17, 15) is 9.59 Å². The molecule has 4 amide bonds. The fourth-order valence-electron chi connectivity index (χ4n) is 2.72. The number of para-hydroxylation sites is 1. The predicted molar refractivity (Wildman–Crippen MR) is 97.3 cm³/mol. The number of anilines is 1. The monoisotopic (exact) mass is 338 g/mol. The summed E-state index contributed by atoms with van der Waals surface area (Å²) in [6.07, 6.45) is 0. The third-order valence-electron chi connectivity index (χ3n) is 4.17. The maximum atomic E-state index is 12.3. The Morgan fingerprint density at radius 2 is 1.28 bits per heavy atom.